The Morgan fingerprint density at radius 1 is 1.16 bits per heavy atom. The molecule has 6 atom stereocenters. The first-order valence-corrected chi connectivity index (χ1v) is 12.8. The SMILES string of the molecule is C[C@@]1(O)C(O)C(COP(=O)(O)OP(=O)(O)OP(=O)(O)O)O[C@H]1n1cnc2c(N)ncnc21. The summed E-state index contributed by atoms with van der Waals surface area (Å²) in [7, 11) is -16.7. The molecule has 21 heteroatoms. The lowest BCUT2D eigenvalue weighted by Gasteiger charge is -2.27. The molecule has 0 radical (unpaired) electrons. The molecule has 1 aliphatic heterocycles. The fraction of sp³-hybridized carbons (Fsp3) is 0.545. The summed E-state index contributed by atoms with van der Waals surface area (Å²) >= 11 is 0. The molecule has 180 valence electrons. The van der Waals surface area contributed by atoms with Crippen LogP contribution in [-0.4, -0.2) is 73.7 Å². The second-order valence-electron chi connectivity index (χ2n) is 6.67. The van der Waals surface area contributed by atoms with Crippen molar-refractivity contribution in [1.82, 2.24) is 19.5 Å². The van der Waals surface area contributed by atoms with E-state index in [4.69, 9.17) is 25.2 Å². The van der Waals surface area contributed by atoms with E-state index < -0.39 is 54.1 Å². The number of aliphatic hydroxyl groups excluding tert-OH is 1. The van der Waals surface area contributed by atoms with E-state index in [0.29, 0.717) is 0 Å². The Hall–Kier alpha value is -1.36. The molecule has 2 aromatic heterocycles. The largest absolute Gasteiger partial charge is 0.490 e. The third-order valence-corrected chi connectivity index (χ3v) is 8.01. The van der Waals surface area contributed by atoms with Gasteiger partial charge in [-0.1, -0.05) is 0 Å². The molecule has 0 amide bonds. The van der Waals surface area contributed by atoms with Crippen LogP contribution >= 0.6 is 23.5 Å². The summed E-state index contributed by atoms with van der Waals surface area (Å²) in [4.78, 5) is 47.5. The molecule has 3 rings (SSSR count). The molecule has 0 spiro atoms. The van der Waals surface area contributed by atoms with Crippen molar-refractivity contribution < 1.29 is 61.4 Å². The molecule has 0 aliphatic carbocycles. The van der Waals surface area contributed by atoms with Gasteiger partial charge < -0.3 is 40.3 Å². The summed E-state index contributed by atoms with van der Waals surface area (Å²) in [5, 5.41) is 21.1. The van der Waals surface area contributed by atoms with Crippen LogP contribution in [0.2, 0.25) is 0 Å². The molecule has 1 fully saturated rings. The molecule has 18 nitrogen and oxygen atoms in total. The van der Waals surface area contributed by atoms with Gasteiger partial charge in [0.25, 0.3) is 0 Å². The van der Waals surface area contributed by atoms with E-state index in [0.717, 1.165) is 6.33 Å². The molecule has 0 bridgehead atoms. The number of phosphoric acid groups is 3. The number of aliphatic hydroxyl groups is 2. The quantitative estimate of drug-likeness (QED) is 0.200. The molecular formula is C11H18N5O13P3. The van der Waals surface area contributed by atoms with Crippen LogP contribution in [0, 0.1) is 0 Å². The Morgan fingerprint density at radius 3 is 2.44 bits per heavy atom. The number of ether oxygens (including phenoxy) is 1. The molecule has 0 saturated carbocycles. The van der Waals surface area contributed by atoms with Gasteiger partial charge in [0.1, 0.15) is 29.7 Å². The van der Waals surface area contributed by atoms with Gasteiger partial charge in [-0.2, -0.15) is 8.62 Å². The Kier molecular flexibility index (Phi) is 6.67. The Bertz CT molecular complexity index is 1150. The lowest BCUT2D eigenvalue weighted by Crippen LogP contribution is -2.44. The summed E-state index contributed by atoms with van der Waals surface area (Å²) in [5.74, 6) is 0.0381. The number of aromatic nitrogens is 4. The van der Waals surface area contributed by atoms with Crippen LogP contribution < -0.4 is 5.73 Å². The second kappa shape index (κ2) is 8.45. The molecule has 4 unspecified atom stereocenters. The molecule has 1 aliphatic rings. The number of nitrogen functional groups attached to an aromatic ring is 1. The average Bonchev–Trinajstić information content (AvgIpc) is 3.11. The summed E-state index contributed by atoms with van der Waals surface area (Å²) in [5.41, 5.74) is 4.00. The number of anilines is 1. The van der Waals surface area contributed by atoms with Crippen molar-refractivity contribution in [2.24, 2.45) is 0 Å². The van der Waals surface area contributed by atoms with Crippen LogP contribution in [0.3, 0.4) is 0 Å². The normalized spacial score (nSPS) is 30.3. The smallest absolute Gasteiger partial charge is 0.387 e. The molecule has 2 aromatic rings. The lowest BCUT2D eigenvalue weighted by molar-refractivity contribution is -0.0949. The van der Waals surface area contributed by atoms with Crippen molar-refractivity contribution in [1.29, 1.82) is 0 Å². The number of nitrogens with two attached hydrogens (primary N) is 1. The van der Waals surface area contributed by atoms with Gasteiger partial charge in [-0.15, -0.1) is 0 Å². The molecule has 0 aromatic carbocycles. The monoisotopic (exact) mass is 521 g/mol. The maximum absolute atomic E-state index is 11.9. The van der Waals surface area contributed by atoms with E-state index in [-0.39, 0.29) is 17.0 Å². The first-order valence-electron chi connectivity index (χ1n) is 8.30. The fourth-order valence-electron chi connectivity index (χ4n) is 2.89. The van der Waals surface area contributed by atoms with E-state index in [2.05, 4.69) is 28.1 Å². The van der Waals surface area contributed by atoms with Crippen LogP contribution in [0.1, 0.15) is 13.2 Å². The maximum Gasteiger partial charge on any atom is 0.490 e. The number of rotatable bonds is 8. The molecule has 3 heterocycles. The summed E-state index contributed by atoms with van der Waals surface area (Å²) in [6.45, 7) is 0.213. The van der Waals surface area contributed by atoms with Gasteiger partial charge >= 0.3 is 23.5 Å². The minimum absolute atomic E-state index is 0.0381. The van der Waals surface area contributed by atoms with Gasteiger partial charge in [-0.25, -0.2) is 28.6 Å². The van der Waals surface area contributed by atoms with Gasteiger partial charge in [-0.05, 0) is 6.92 Å². The van der Waals surface area contributed by atoms with E-state index in [1.165, 1.54) is 17.8 Å². The fourth-order valence-corrected chi connectivity index (χ4v) is 5.92. The topological polar surface area (TPSA) is 279 Å². The van der Waals surface area contributed by atoms with E-state index in [1.54, 1.807) is 0 Å². The highest BCUT2D eigenvalue weighted by Gasteiger charge is 2.54. The molecular weight excluding hydrogens is 503 g/mol. The van der Waals surface area contributed by atoms with Gasteiger partial charge in [0, 0.05) is 0 Å². The Balaban J connectivity index is 1.74. The third-order valence-electron chi connectivity index (χ3n) is 4.21. The van der Waals surface area contributed by atoms with E-state index in [1.807, 2.05) is 0 Å². The first-order chi connectivity index (χ1) is 14.5. The average molecular weight is 521 g/mol. The maximum atomic E-state index is 11.9. The zero-order valence-corrected chi connectivity index (χ0v) is 18.5. The van der Waals surface area contributed by atoms with Crippen molar-refractivity contribution in [3.05, 3.63) is 12.7 Å². The summed E-state index contributed by atoms with van der Waals surface area (Å²) < 4.78 is 52.2. The van der Waals surface area contributed by atoms with Crippen molar-refractivity contribution >= 4 is 40.4 Å². The Labute approximate surface area is 178 Å². The number of imidazole rings is 1. The molecule has 8 N–H and O–H groups in total. The highest BCUT2D eigenvalue weighted by molar-refractivity contribution is 7.66. The standard InChI is InChI=1S/C11H18N5O13P3/c1-11(18)7(17)5(2-26-31(22,23)29-32(24,25)28-30(19,20)21)27-10(11)16-4-15-6-8(12)13-3-14-9(6)16/h3-5,7,10,17-18H,2H2,1H3,(H,22,23)(H,24,25)(H2,12,13,14)(H2,19,20,21)/t5?,7?,10-,11-/m1/s1. The highest BCUT2D eigenvalue weighted by Crippen LogP contribution is 2.66. The Morgan fingerprint density at radius 2 is 1.81 bits per heavy atom. The van der Waals surface area contributed by atoms with Crippen molar-refractivity contribution in [3.63, 3.8) is 0 Å². The summed E-state index contributed by atoms with van der Waals surface area (Å²) in [6.07, 6.45) is -2.23. The van der Waals surface area contributed by atoms with Crippen LogP contribution in [-0.2, 0) is 31.6 Å². The number of hydrogen-bond donors (Lipinski definition) is 7. The van der Waals surface area contributed by atoms with Gasteiger partial charge in [0.05, 0.1) is 12.9 Å². The van der Waals surface area contributed by atoms with Gasteiger partial charge in [0.15, 0.2) is 17.7 Å². The van der Waals surface area contributed by atoms with Crippen molar-refractivity contribution in [3.8, 4) is 0 Å². The minimum Gasteiger partial charge on any atom is -0.387 e. The molecule has 32 heavy (non-hydrogen) atoms. The zero-order valence-electron chi connectivity index (χ0n) is 15.8. The summed E-state index contributed by atoms with van der Waals surface area (Å²) in [6, 6.07) is 0. The van der Waals surface area contributed by atoms with Crippen LogP contribution in [0.25, 0.3) is 11.2 Å². The van der Waals surface area contributed by atoms with Crippen LogP contribution in [0.5, 0.6) is 0 Å². The van der Waals surface area contributed by atoms with E-state index in [9.17, 15) is 28.8 Å². The lowest BCUT2D eigenvalue weighted by atomic mass is 9.96. The number of phosphoric ester groups is 1. The second-order valence-corrected chi connectivity index (χ2v) is 11.1. The minimum atomic E-state index is -5.71. The van der Waals surface area contributed by atoms with Crippen molar-refractivity contribution in [2.45, 2.75) is 31.0 Å². The van der Waals surface area contributed by atoms with Crippen molar-refractivity contribution in [2.75, 3.05) is 12.3 Å². The van der Waals surface area contributed by atoms with Crippen LogP contribution in [0.4, 0.5) is 5.82 Å². The van der Waals surface area contributed by atoms with E-state index >= 15 is 0 Å². The first kappa shape index (κ1) is 25.3. The number of nitrogens with zero attached hydrogens (tertiary/aromatic N) is 4. The number of fused-ring (bicyclic) bond motifs is 1. The van der Waals surface area contributed by atoms with Crippen LogP contribution in [0.15, 0.2) is 12.7 Å². The third kappa shape index (κ3) is 5.40. The number of hydrogen-bond acceptors (Lipinski definition) is 13. The zero-order chi connectivity index (χ0) is 24.1. The predicted molar refractivity (Wildman–Crippen MR) is 100 cm³/mol. The highest BCUT2D eigenvalue weighted by atomic mass is 31.3. The predicted octanol–water partition coefficient (Wildman–Crippen LogP) is -1.24. The van der Waals surface area contributed by atoms with Gasteiger partial charge in [0.2, 0.25) is 0 Å². The van der Waals surface area contributed by atoms with Gasteiger partial charge in [-0.3, -0.25) is 9.09 Å². The molecule has 1 saturated heterocycles.